The number of nitrogens with one attached hydrogen (secondary N) is 1. The molecule has 3 rings (SSSR count). The second-order valence-corrected chi connectivity index (χ2v) is 6.48. The van der Waals surface area contributed by atoms with Crippen LogP contribution in [0.4, 0.5) is 5.69 Å². The van der Waals surface area contributed by atoms with Gasteiger partial charge in [-0.05, 0) is 31.2 Å². The summed E-state index contributed by atoms with van der Waals surface area (Å²) in [5, 5.41) is 10.8. The molecule has 3 aromatic rings. The number of thioether (sulfide) groups is 1. The van der Waals surface area contributed by atoms with E-state index in [4.69, 9.17) is 9.15 Å². The Balaban J connectivity index is 1.65. The Morgan fingerprint density at radius 1 is 1.12 bits per heavy atom. The number of hydrogen-bond donors (Lipinski definition) is 1. The molecule has 128 valence electrons. The molecule has 7 heteroatoms. The van der Waals surface area contributed by atoms with E-state index in [2.05, 4.69) is 15.5 Å². The van der Waals surface area contributed by atoms with E-state index in [1.54, 1.807) is 26.2 Å². The third kappa shape index (κ3) is 4.19. The molecule has 0 aliphatic heterocycles. The lowest BCUT2D eigenvalue weighted by Gasteiger charge is -2.12. The maximum Gasteiger partial charge on any atom is 0.277 e. The van der Waals surface area contributed by atoms with E-state index in [0.29, 0.717) is 22.6 Å². The van der Waals surface area contributed by atoms with Crippen molar-refractivity contribution in [3.63, 3.8) is 0 Å². The summed E-state index contributed by atoms with van der Waals surface area (Å²) in [5.74, 6) is 0.867. The zero-order valence-corrected chi connectivity index (χ0v) is 14.6. The van der Waals surface area contributed by atoms with Crippen LogP contribution in [0.1, 0.15) is 6.92 Å². The van der Waals surface area contributed by atoms with E-state index in [-0.39, 0.29) is 5.91 Å². The molecule has 6 nitrogen and oxygen atoms in total. The molecular weight excluding hydrogens is 338 g/mol. The number of rotatable bonds is 6. The average Bonchev–Trinajstić information content (AvgIpc) is 3.11. The molecule has 0 fully saturated rings. The highest BCUT2D eigenvalue weighted by molar-refractivity contribution is 8.00. The summed E-state index contributed by atoms with van der Waals surface area (Å²) in [5.41, 5.74) is 1.46. The van der Waals surface area contributed by atoms with Crippen LogP contribution >= 0.6 is 11.8 Å². The fourth-order valence-electron chi connectivity index (χ4n) is 2.14. The van der Waals surface area contributed by atoms with E-state index >= 15 is 0 Å². The molecule has 1 heterocycles. The van der Waals surface area contributed by atoms with E-state index in [1.165, 1.54) is 11.8 Å². The zero-order chi connectivity index (χ0) is 17.6. The number of carbonyl (C=O) groups excluding carboxylic acids is 1. The van der Waals surface area contributed by atoms with Crippen molar-refractivity contribution < 1.29 is 13.9 Å². The van der Waals surface area contributed by atoms with Crippen molar-refractivity contribution in [2.24, 2.45) is 0 Å². The molecule has 0 saturated heterocycles. The molecule has 0 aliphatic carbocycles. The first-order valence-electron chi connectivity index (χ1n) is 7.67. The highest BCUT2D eigenvalue weighted by atomic mass is 32.2. The molecule has 0 bridgehead atoms. The van der Waals surface area contributed by atoms with Gasteiger partial charge in [0, 0.05) is 5.56 Å². The van der Waals surface area contributed by atoms with Gasteiger partial charge in [0.05, 0.1) is 18.0 Å². The predicted molar refractivity (Wildman–Crippen MR) is 96.7 cm³/mol. The number of ether oxygens (including phenoxy) is 1. The van der Waals surface area contributed by atoms with Gasteiger partial charge in [-0.1, -0.05) is 42.1 Å². The summed E-state index contributed by atoms with van der Waals surface area (Å²) in [6, 6.07) is 16.7. The first-order chi connectivity index (χ1) is 12.2. The summed E-state index contributed by atoms with van der Waals surface area (Å²) in [6.07, 6.45) is 0. The lowest BCUT2D eigenvalue weighted by atomic mass is 10.2. The number of aromatic nitrogens is 2. The number of carbonyl (C=O) groups is 1. The summed E-state index contributed by atoms with van der Waals surface area (Å²) in [7, 11) is 1.56. The molecule has 0 saturated carbocycles. The van der Waals surface area contributed by atoms with Gasteiger partial charge in [0.2, 0.25) is 11.8 Å². The maximum absolute atomic E-state index is 12.4. The van der Waals surface area contributed by atoms with Crippen LogP contribution in [0, 0.1) is 0 Å². The molecule has 0 aliphatic rings. The quantitative estimate of drug-likeness (QED) is 0.677. The highest BCUT2D eigenvalue weighted by Crippen LogP contribution is 2.28. The van der Waals surface area contributed by atoms with Gasteiger partial charge in [0.15, 0.2) is 0 Å². The van der Waals surface area contributed by atoms with Gasteiger partial charge in [0.1, 0.15) is 5.75 Å². The third-order valence-corrected chi connectivity index (χ3v) is 4.37. The molecule has 0 unspecified atom stereocenters. The van der Waals surface area contributed by atoms with Crippen molar-refractivity contribution >= 4 is 23.4 Å². The molecule has 1 aromatic heterocycles. The molecule has 2 aromatic carbocycles. The van der Waals surface area contributed by atoms with Crippen molar-refractivity contribution in [1.29, 1.82) is 0 Å². The van der Waals surface area contributed by atoms with Gasteiger partial charge >= 0.3 is 0 Å². The van der Waals surface area contributed by atoms with Crippen molar-refractivity contribution in [2.45, 2.75) is 17.4 Å². The van der Waals surface area contributed by atoms with Gasteiger partial charge in [-0.15, -0.1) is 10.2 Å². The van der Waals surface area contributed by atoms with Crippen LogP contribution in [-0.4, -0.2) is 28.5 Å². The minimum Gasteiger partial charge on any atom is -0.495 e. The fourth-order valence-corrected chi connectivity index (χ4v) is 2.83. The summed E-state index contributed by atoms with van der Waals surface area (Å²) >= 11 is 1.21. The number of para-hydroxylation sites is 2. The normalized spacial score (nSPS) is 11.8. The van der Waals surface area contributed by atoms with Gasteiger partial charge in [0.25, 0.3) is 5.22 Å². The molecule has 0 radical (unpaired) electrons. The lowest BCUT2D eigenvalue weighted by Crippen LogP contribution is -2.22. The van der Waals surface area contributed by atoms with Crippen LogP contribution in [0.2, 0.25) is 0 Å². The summed E-state index contributed by atoms with van der Waals surface area (Å²) in [6.45, 7) is 1.78. The van der Waals surface area contributed by atoms with E-state index in [0.717, 1.165) is 5.56 Å². The number of nitrogens with zero attached hydrogens (tertiary/aromatic N) is 2. The SMILES string of the molecule is COc1ccccc1NC(=O)[C@H](C)Sc1nnc(-c2ccccc2)o1. The molecule has 0 spiro atoms. The monoisotopic (exact) mass is 355 g/mol. The number of methoxy groups -OCH3 is 1. The minimum atomic E-state index is -0.408. The first kappa shape index (κ1) is 17.0. The van der Waals surface area contributed by atoms with Crippen molar-refractivity contribution in [2.75, 3.05) is 12.4 Å². The summed E-state index contributed by atoms with van der Waals surface area (Å²) in [4.78, 5) is 12.4. The standard InChI is InChI=1S/C18H17N3O3S/c1-12(16(22)19-14-10-6-7-11-15(14)23-2)25-18-21-20-17(24-18)13-8-4-3-5-9-13/h3-12H,1-2H3,(H,19,22)/t12-/m0/s1. The second kappa shape index (κ2) is 7.85. The third-order valence-electron chi connectivity index (χ3n) is 3.44. The molecule has 1 N–H and O–H groups in total. The van der Waals surface area contributed by atoms with Crippen LogP contribution in [-0.2, 0) is 4.79 Å². The Morgan fingerprint density at radius 3 is 2.60 bits per heavy atom. The second-order valence-electron chi connectivity index (χ2n) is 5.19. The number of hydrogen-bond acceptors (Lipinski definition) is 6. The summed E-state index contributed by atoms with van der Waals surface area (Å²) < 4.78 is 10.9. The van der Waals surface area contributed by atoms with E-state index in [1.807, 2.05) is 42.5 Å². The maximum atomic E-state index is 12.4. The first-order valence-corrected chi connectivity index (χ1v) is 8.55. The fraction of sp³-hybridized carbons (Fsp3) is 0.167. The van der Waals surface area contributed by atoms with Crippen LogP contribution in [0.15, 0.2) is 64.2 Å². The number of benzene rings is 2. The van der Waals surface area contributed by atoms with Gasteiger partial charge < -0.3 is 14.5 Å². The van der Waals surface area contributed by atoms with Crippen LogP contribution in [0.25, 0.3) is 11.5 Å². The van der Waals surface area contributed by atoms with Gasteiger partial charge in [-0.3, -0.25) is 4.79 Å². The van der Waals surface area contributed by atoms with Crippen LogP contribution < -0.4 is 10.1 Å². The Kier molecular flexibility index (Phi) is 5.35. The van der Waals surface area contributed by atoms with Crippen LogP contribution in [0.5, 0.6) is 5.75 Å². The minimum absolute atomic E-state index is 0.172. The molecule has 1 atom stereocenters. The van der Waals surface area contributed by atoms with Gasteiger partial charge in [-0.25, -0.2) is 0 Å². The molecule has 25 heavy (non-hydrogen) atoms. The van der Waals surface area contributed by atoms with Gasteiger partial charge in [-0.2, -0.15) is 0 Å². The highest BCUT2D eigenvalue weighted by Gasteiger charge is 2.19. The Bertz CT molecular complexity index is 852. The molecule has 1 amide bonds. The largest absolute Gasteiger partial charge is 0.495 e. The topological polar surface area (TPSA) is 77.2 Å². The Morgan fingerprint density at radius 2 is 1.84 bits per heavy atom. The van der Waals surface area contributed by atoms with E-state index < -0.39 is 5.25 Å². The smallest absolute Gasteiger partial charge is 0.277 e. The number of anilines is 1. The van der Waals surface area contributed by atoms with E-state index in [9.17, 15) is 4.79 Å². The predicted octanol–water partition coefficient (Wildman–Crippen LogP) is 3.86. The zero-order valence-electron chi connectivity index (χ0n) is 13.8. The lowest BCUT2D eigenvalue weighted by molar-refractivity contribution is -0.115. The molecular formula is C18H17N3O3S. The Hall–Kier alpha value is -2.80. The average molecular weight is 355 g/mol. The number of amides is 1. The van der Waals surface area contributed by atoms with Crippen molar-refractivity contribution in [3.05, 3.63) is 54.6 Å². The van der Waals surface area contributed by atoms with Crippen LogP contribution in [0.3, 0.4) is 0 Å². The van der Waals surface area contributed by atoms with Crippen molar-refractivity contribution in [1.82, 2.24) is 10.2 Å². The Labute approximate surface area is 149 Å². The van der Waals surface area contributed by atoms with Crippen molar-refractivity contribution in [3.8, 4) is 17.2 Å².